The van der Waals surface area contributed by atoms with E-state index in [0.29, 0.717) is 17.4 Å². The van der Waals surface area contributed by atoms with E-state index < -0.39 is 0 Å². The molecule has 0 spiro atoms. The summed E-state index contributed by atoms with van der Waals surface area (Å²) in [7, 11) is 0. The topological polar surface area (TPSA) is 83.8 Å². The lowest BCUT2D eigenvalue weighted by Gasteiger charge is -2.09. The molecule has 0 bridgehead atoms. The Labute approximate surface area is 104 Å². The van der Waals surface area contributed by atoms with Crippen molar-refractivity contribution in [2.75, 3.05) is 0 Å². The van der Waals surface area contributed by atoms with Crippen molar-refractivity contribution in [1.82, 2.24) is 20.4 Å². The molecule has 2 heterocycles. The van der Waals surface area contributed by atoms with E-state index >= 15 is 0 Å². The summed E-state index contributed by atoms with van der Waals surface area (Å²) in [6.07, 6.45) is 5.62. The summed E-state index contributed by atoms with van der Waals surface area (Å²) in [4.78, 5) is 19.0. The number of carbonyl (C=O) groups is 1. The van der Waals surface area contributed by atoms with Crippen LogP contribution in [-0.2, 0) is 0 Å². The second-order valence-corrected chi connectivity index (χ2v) is 4.56. The highest BCUT2D eigenvalue weighted by molar-refractivity contribution is 5.92. The molecule has 1 saturated carbocycles. The molecule has 1 unspecified atom stereocenters. The first kappa shape index (κ1) is 11.0. The Bertz CT molecular complexity index is 542. The fourth-order valence-corrected chi connectivity index (χ4v) is 1.81. The second kappa shape index (κ2) is 4.29. The minimum absolute atomic E-state index is 0.187. The van der Waals surface area contributed by atoms with Gasteiger partial charge in [-0.05, 0) is 19.8 Å². The van der Waals surface area contributed by atoms with Gasteiger partial charge in [-0.3, -0.25) is 4.79 Å². The number of carbonyl (C=O) groups excluding carboxylic acids is 1. The van der Waals surface area contributed by atoms with Crippen LogP contribution < -0.4 is 5.32 Å². The number of H-pyrrole nitrogens is 1. The highest BCUT2D eigenvalue weighted by atomic mass is 16.5. The number of aromatic nitrogens is 3. The SMILES string of the molecule is CC(NC(=O)c1cc(C2CC2)on1)c1ncc[nH]1. The van der Waals surface area contributed by atoms with Crippen LogP contribution in [0.3, 0.4) is 0 Å². The predicted octanol–water partition coefficient (Wildman–Crippen LogP) is 1.77. The summed E-state index contributed by atoms with van der Waals surface area (Å²) < 4.78 is 5.15. The Hall–Kier alpha value is -2.11. The van der Waals surface area contributed by atoms with Crippen molar-refractivity contribution in [3.8, 4) is 0 Å². The first-order chi connectivity index (χ1) is 8.74. The fraction of sp³-hybridized carbons (Fsp3) is 0.417. The normalized spacial score (nSPS) is 16.5. The van der Waals surface area contributed by atoms with Crippen molar-refractivity contribution >= 4 is 5.91 Å². The van der Waals surface area contributed by atoms with Gasteiger partial charge in [0.15, 0.2) is 5.69 Å². The second-order valence-electron chi connectivity index (χ2n) is 4.56. The third-order valence-corrected chi connectivity index (χ3v) is 3.02. The fourth-order valence-electron chi connectivity index (χ4n) is 1.81. The third-order valence-electron chi connectivity index (χ3n) is 3.02. The highest BCUT2D eigenvalue weighted by Gasteiger charge is 2.29. The largest absolute Gasteiger partial charge is 0.360 e. The van der Waals surface area contributed by atoms with Crippen LogP contribution in [0.5, 0.6) is 0 Å². The Balaban J connectivity index is 1.66. The Morgan fingerprint density at radius 1 is 1.61 bits per heavy atom. The van der Waals surface area contributed by atoms with E-state index in [1.807, 2.05) is 6.92 Å². The minimum Gasteiger partial charge on any atom is -0.360 e. The number of rotatable bonds is 4. The maximum atomic E-state index is 11.9. The van der Waals surface area contributed by atoms with Gasteiger partial charge in [-0.2, -0.15) is 0 Å². The molecule has 2 N–H and O–H groups in total. The monoisotopic (exact) mass is 246 g/mol. The molecule has 2 aromatic rings. The number of nitrogens with zero attached hydrogens (tertiary/aromatic N) is 2. The van der Waals surface area contributed by atoms with E-state index in [4.69, 9.17) is 4.52 Å². The number of amides is 1. The van der Waals surface area contributed by atoms with Gasteiger partial charge in [0.05, 0.1) is 6.04 Å². The molecule has 3 rings (SSSR count). The van der Waals surface area contributed by atoms with Crippen LogP contribution in [-0.4, -0.2) is 21.0 Å². The molecular weight excluding hydrogens is 232 g/mol. The van der Waals surface area contributed by atoms with Gasteiger partial charge < -0.3 is 14.8 Å². The van der Waals surface area contributed by atoms with Gasteiger partial charge in [0, 0.05) is 24.4 Å². The maximum Gasteiger partial charge on any atom is 0.274 e. The quantitative estimate of drug-likeness (QED) is 0.861. The van der Waals surface area contributed by atoms with Gasteiger partial charge in [-0.15, -0.1) is 0 Å². The van der Waals surface area contributed by atoms with Crippen molar-refractivity contribution < 1.29 is 9.32 Å². The minimum atomic E-state index is -0.241. The Kier molecular flexibility index (Phi) is 2.62. The van der Waals surface area contributed by atoms with E-state index in [-0.39, 0.29) is 11.9 Å². The van der Waals surface area contributed by atoms with Crippen LogP contribution in [0.4, 0.5) is 0 Å². The summed E-state index contributed by atoms with van der Waals surface area (Å²) in [5.41, 5.74) is 0.329. The molecule has 1 fully saturated rings. The third kappa shape index (κ3) is 2.13. The van der Waals surface area contributed by atoms with Crippen molar-refractivity contribution in [2.24, 2.45) is 0 Å². The molecule has 6 nitrogen and oxygen atoms in total. The van der Waals surface area contributed by atoms with Crippen LogP contribution in [0.1, 0.15) is 53.8 Å². The first-order valence-corrected chi connectivity index (χ1v) is 6.01. The highest BCUT2D eigenvalue weighted by Crippen LogP contribution is 2.40. The maximum absolute atomic E-state index is 11.9. The van der Waals surface area contributed by atoms with Gasteiger partial charge in [-0.25, -0.2) is 4.98 Å². The zero-order valence-electron chi connectivity index (χ0n) is 10.0. The number of hydrogen-bond donors (Lipinski definition) is 2. The van der Waals surface area contributed by atoms with E-state index in [1.165, 1.54) is 0 Å². The van der Waals surface area contributed by atoms with Gasteiger partial charge >= 0.3 is 0 Å². The van der Waals surface area contributed by atoms with E-state index in [9.17, 15) is 4.79 Å². The van der Waals surface area contributed by atoms with Gasteiger partial charge in [0.1, 0.15) is 11.6 Å². The summed E-state index contributed by atoms with van der Waals surface area (Å²) in [6.45, 7) is 1.86. The Morgan fingerprint density at radius 3 is 3.11 bits per heavy atom. The van der Waals surface area contributed by atoms with E-state index in [2.05, 4.69) is 20.4 Å². The van der Waals surface area contributed by atoms with Crippen LogP contribution in [0.15, 0.2) is 23.0 Å². The number of imidazole rings is 1. The summed E-state index contributed by atoms with van der Waals surface area (Å²) in [5, 5.41) is 6.61. The lowest BCUT2D eigenvalue weighted by molar-refractivity contribution is 0.0929. The Morgan fingerprint density at radius 2 is 2.44 bits per heavy atom. The standard InChI is InChI=1S/C12H14N4O2/c1-7(11-13-4-5-14-11)15-12(17)9-6-10(18-16-9)8-2-3-8/h4-8H,2-3H2,1H3,(H,13,14)(H,15,17). The van der Waals surface area contributed by atoms with Crippen LogP contribution in [0.2, 0.25) is 0 Å². The van der Waals surface area contributed by atoms with Crippen molar-refractivity contribution in [2.45, 2.75) is 31.7 Å². The van der Waals surface area contributed by atoms with Crippen LogP contribution >= 0.6 is 0 Å². The van der Waals surface area contributed by atoms with Crippen LogP contribution in [0, 0.1) is 0 Å². The summed E-state index contributed by atoms with van der Waals surface area (Å²) >= 11 is 0. The molecule has 1 aliphatic rings. The van der Waals surface area contributed by atoms with E-state index in [1.54, 1.807) is 18.5 Å². The molecule has 0 aromatic carbocycles. The smallest absolute Gasteiger partial charge is 0.274 e. The summed E-state index contributed by atoms with van der Waals surface area (Å²) in [5.74, 6) is 1.75. The molecule has 94 valence electrons. The van der Waals surface area contributed by atoms with Gasteiger partial charge in [0.2, 0.25) is 0 Å². The molecular formula is C12H14N4O2. The first-order valence-electron chi connectivity index (χ1n) is 6.01. The number of aromatic amines is 1. The molecule has 6 heteroatoms. The van der Waals surface area contributed by atoms with Crippen LogP contribution in [0.25, 0.3) is 0 Å². The van der Waals surface area contributed by atoms with Crippen molar-refractivity contribution in [1.29, 1.82) is 0 Å². The zero-order valence-corrected chi connectivity index (χ0v) is 10.0. The lowest BCUT2D eigenvalue weighted by Crippen LogP contribution is -2.27. The van der Waals surface area contributed by atoms with E-state index in [0.717, 1.165) is 18.6 Å². The summed E-state index contributed by atoms with van der Waals surface area (Å²) in [6, 6.07) is 1.54. The van der Waals surface area contributed by atoms with Gasteiger partial charge in [0.25, 0.3) is 5.91 Å². The number of hydrogen-bond acceptors (Lipinski definition) is 4. The molecule has 2 aromatic heterocycles. The zero-order chi connectivity index (χ0) is 12.5. The average Bonchev–Trinajstić information content (AvgIpc) is 2.91. The number of nitrogens with one attached hydrogen (secondary N) is 2. The average molecular weight is 246 g/mol. The molecule has 1 amide bonds. The lowest BCUT2D eigenvalue weighted by atomic mass is 10.2. The predicted molar refractivity (Wildman–Crippen MR) is 62.9 cm³/mol. The molecule has 0 aliphatic heterocycles. The van der Waals surface area contributed by atoms with Crippen molar-refractivity contribution in [3.63, 3.8) is 0 Å². The van der Waals surface area contributed by atoms with Crippen molar-refractivity contribution in [3.05, 3.63) is 35.7 Å². The molecule has 1 aliphatic carbocycles. The molecule has 0 radical (unpaired) electrons. The molecule has 18 heavy (non-hydrogen) atoms. The molecule has 1 atom stereocenters. The van der Waals surface area contributed by atoms with Gasteiger partial charge in [-0.1, -0.05) is 5.16 Å². The molecule has 0 saturated heterocycles.